The molecular weight excluding hydrogens is 576 g/mol. The second-order valence-corrected chi connectivity index (χ2v) is 11.5. The molecule has 5 rings (SSSR count). The van der Waals surface area contributed by atoms with Crippen molar-refractivity contribution in [2.24, 2.45) is 5.92 Å². The van der Waals surface area contributed by atoms with Crippen molar-refractivity contribution >= 4 is 52.1 Å². The van der Waals surface area contributed by atoms with Gasteiger partial charge < -0.3 is 25.2 Å². The maximum Gasteiger partial charge on any atom is 0.407 e. The van der Waals surface area contributed by atoms with E-state index in [4.69, 9.17) is 15.5 Å². The molecule has 2 atom stereocenters. The average Bonchev–Trinajstić information content (AvgIpc) is 3.55. The van der Waals surface area contributed by atoms with Crippen molar-refractivity contribution in [3.63, 3.8) is 0 Å². The van der Waals surface area contributed by atoms with E-state index >= 15 is 0 Å². The minimum absolute atomic E-state index is 0.0567. The number of imidazole rings is 1. The first kappa shape index (κ1) is 33.4. The Morgan fingerprint density at radius 1 is 1.09 bits per heavy atom. The van der Waals surface area contributed by atoms with Gasteiger partial charge in [0, 0.05) is 37.7 Å². The minimum Gasteiger partial charge on any atom is -0.442 e. The lowest BCUT2D eigenvalue weighted by molar-refractivity contribution is -0.188. The van der Waals surface area contributed by atoms with Crippen LogP contribution in [0.2, 0.25) is 0 Å². The summed E-state index contributed by atoms with van der Waals surface area (Å²) < 4.78 is 7.95. The highest BCUT2D eigenvalue weighted by Crippen LogP contribution is 2.29. The van der Waals surface area contributed by atoms with E-state index in [1.807, 2.05) is 24.3 Å². The van der Waals surface area contributed by atoms with Crippen LogP contribution in [0.4, 0.5) is 10.6 Å². The number of nitrogens with two attached hydrogens (primary N) is 1. The molecule has 3 N–H and O–H groups in total. The molecule has 3 amide bonds. The Kier molecular flexibility index (Phi) is 12.3. The number of aromatic nitrogens is 3. The third-order valence-corrected chi connectivity index (χ3v) is 8.05. The number of imide groups is 1. The summed E-state index contributed by atoms with van der Waals surface area (Å²) in [6.45, 7) is 5.92. The molecule has 0 saturated carbocycles. The molecule has 45 heavy (non-hydrogen) atoms. The first-order valence-electron chi connectivity index (χ1n) is 15.9. The van der Waals surface area contributed by atoms with E-state index in [-0.39, 0.29) is 31.5 Å². The Morgan fingerprint density at radius 2 is 1.87 bits per heavy atom. The first-order valence-corrected chi connectivity index (χ1v) is 15.9. The van der Waals surface area contributed by atoms with Crippen LogP contribution in [0, 0.1) is 5.92 Å². The van der Waals surface area contributed by atoms with E-state index in [1.165, 1.54) is 6.42 Å². The third kappa shape index (κ3) is 9.02. The summed E-state index contributed by atoms with van der Waals surface area (Å²) in [4.78, 5) is 56.7. The number of para-hydroxylation sites is 1. The van der Waals surface area contributed by atoms with E-state index < -0.39 is 11.8 Å². The van der Waals surface area contributed by atoms with Crippen LogP contribution in [0.15, 0.2) is 36.4 Å². The zero-order valence-electron chi connectivity index (χ0n) is 26.2. The van der Waals surface area contributed by atoms with E-state index in [1.54, 1.807) is 0 Å². The molecule has 2 aromatic heterocycles. The lowest BCUT2D eigenvalue weighted by Crippen LogP contribution is -2.29. The number of rotatable bonds is 11. The van der Waals surface area contributed by atoms with Gasteiger partial charge in [0.15, 0.2) is 5.82 Å². The standard InChI is InChI=1S/C28H39N5O2.C5H5NO4/c1-3-4-15-24-32-25-26(22-13-7-8-14-23(22)31-27(25)29)33(24)19-10-9-18-30-28(34)35-21-12-6-5-11-20(2)16-17-21;7-3-10-6-4(8)1-2-5(6)9/h6-8,12-14,20-21H,3-5,9-11,15-19H2,1-2H3,(H2,29,31)(H,30,34);3H,1-2H2/b12-6+;/t20?,21-;/m0./s1. The predicted octanol–water partition coefficient (Wildman–Crippen LogP) is 5.37. The molecule has 242 valence electrons. The van der Waals surface area contributed by atoms with Gasteiger partial charge in [-0.1, -0.05) is 44.5 Å². The Balaban J connectivity index is 0.000000392. The molecule has 1 aliphatic heterocycles. The van der Waals surface area contributed by atoms with Gasteiger partial charge in [0.05, 0.1) is 11.0 Å². The van der Waals surface area contributed by atoms with E-state index in [0.29, 0.717) is 23.3 Å². The van der Waals surface area contributed by atoms with Crippen molar-refractivity contribution in [2.75, 3.05) is 12.3 Å². The molecule has 1 fully saturated rings. The number of hydrogen-bond donors (Lipinski definition) is 2. The Bertz CT molecular complexity index is 1500. The van der Waals surface area contributed by atoms with Crippen molar-refractivity contribution in [3.05, 3.63) is 42.2 Å². The fourth-order valence-electron chi connectivity index (χ4n) is 5.57. The molecule has 1 unspecified atom stereocenters. The smallest absolute Gasteiger partial charge is 0.407 e. The number of hydrogen-bond acceptors (Lipinski definition) is 9. The number of carbonyl (C=O) groups is 4. The number of carbonyl (C=O) groups excluding carboxylic acids is 4. The molecule has 3 aromatic rings. The summed E-state index contributed by atoms with van der Waals surface area (Å²) in [7, 11) is 0. The molecule has 0 radical (unpaired) electrons. The number of amides is 3. The Labute approximate surface area is 263 Å². The number of nitrogen functional groups attached to an aromatic ring is 1. The fourth-order valence-corrected chi connectivity index (χ4v) is 5.57. The zero-order chi connectivity index (χ0) is 32.2. The van der Waals surface area contributed by atoms with Crippen molar-refractivity contribution in [1.82, 2.24) is 24.9 Å². The van der Waals surface area contributed by atoms with Crippen molar-refractivity contribution < 1.29 is 28.8 Å². The van der Waals surface area contributed by atoms with Crippen molar-refractivity contribution in [2.45, 2.75) is 97.1 Å². The average molecular weight is 621 g/mol. The Morgan fingerprint density at radius 3 is 2.62 bits per heavy atom. The number of pyridine rings is 1. The lowest BCUT2D eigenvalue weighted by atomic mass is 9.95. The summed E-state index contributed by atoms with van der Waals surface area (Å²) in [5, 5.41) is 4.49. The molecule has 0 bridgehead atoms. The number of aryl methyl sites for hydroxylation is 2. The second kappa shape index (κ2) is 16.6. The molecule has 1 saturated heterocycles. The number of nitrogens with zero attached hydrogens (tertiary/aromatic N) is 4. The SMILES string of the molecule is CCCCc1nc2c(N)nc3ccccc3c2n1CCCCNC(=O)O[C@H]1/C=C/CCC(C)CC1.O=CON1C(=O)CCC1=O. The zero-order valence-corrected chi connectivity index (χ0v) is 26.2. The number of unbranched alkanes of at least 4 members (excludes halogenated alkanes) is 2. The van der Waals surface area contributed by atoms with Crippen LogP contribution in [-0.4, -0.2) is 56.6 Å². The van der Waals surface area contributed by atoms with Gasteiger partial charge in [0.25, 0.3) is 11.8 Å². The fraction of sp³-hybridized carbons (Fsp3) is 0.515. The quantitative estimate of drug-likeness (QED) is 0.124. The van der Waals surface area contributed by atoms with Gasteiger partial charge in [-0.15, -0.1) is 5.06 Å². The third-order valence-electron chi connectivity index (χ3n) is 8.05. The monoisotopic (exact) mass is 620 g/mol. The van der Waals surface area contributed by atoms with Crippen LogP contribution < -0.4 is 11.1 Å². The topological polar surface area (TPSA) is 159 Å². The number of fused-ring (bicyclic) bond motifs is 3. The molecule has 12 heteroatoms. The first-order chi connectivity index (χ1) is 21.8. The van der Waals surface area contributed by atoms with E-state index in [9.17, 15) is 19.2 Å². The van der Waals surface area contributed by atoms with Gasteiger partial charge in [-0.2, -0.15) is 0 Å². The van der Waals surface area contributed by atoms with Gasteiger partial charge in [-0.25, -0.2) is 14.8 Å². The van der Waals surface area contributed by atoms with E-state index in [0.717, 1.165) is 85.7 Å². The molecule has 2 aliphatic rings. The largest absolute Gasteiger partial charge is 0.442 e. The number of alkyl carbamates (subject to hydrolysis) is 1. The Hall–Kier alpha value is -4.48. The molecule has 0 spiro atoms. The molecular formula is C33H44N6O6. The number of hydroxylamine groups is 2. The van der Waals surface area contributed by atoms with Crippen LogP contribution in [0.25, 0.3) is 21.9 Å². The van der Waals surface area contributed by atoms with Crippen molar-refractivity contribution in [1.29, 1.82) is 0 Å². The summed E-state index contributed by atoms with van der Waals surface area (Å²) in [6, 6.07) is 8.10. The lowest BCUT2D eigenvalue weighted by Gasteiger charge is -2.19. The van der Waals surface area contributed by atoms with Gasteiger partial charge in [0.1, 0.15) is 17.4 Å². The van der Waals surface area contributed by atoms with E-state index in [2.05, 4.69) is 45.7 Å². The number of benzene rings is 1. The molecule has 3 heterocycles. The van der Waals surface area contributed by atoms with Gasteiger partial charge in [-0.05, 0) is 63.0 Å². The summed E-state index contributed by atoms with van der Waals surface area (Å²) in [5.74, 6) is 1.30. The summed E-state index contributed by atoms with van der Waals surface area (Å²) in [6.07, 6.45) is 13.1. The van der Waals surface area contributed by atoms with Crippen LogP contribution in [0.1, 0.15) is 83.9 Å². The highest BCUT2D eigenvalue weighted by molar-refractivity contribution is 6.06. The number of ether oxygens (including phenoxy) is 1. The van der Waals surface area contributed by atoms with Gasteiger partial charge in [0.2, 0.25) is 0 Å². The van der Waals surface area contributed by atoms with Crippen LogP contribution in [-0.2, 0) is 36.9 Å². The van der Waals surface area contributed by atoms with Crippen LogP contribution >= 0.6 is 0 Å². The molecule has 12 nitrogen and oxygen atoms in total. The normalized spacial score (nSPS) is 19.0. The number of allylic oxidation sites excluding steroid dienone is 1. The maximum absolute atomic E-state index is 12.3. The number of nitrogens with one attached hydrogen (secondary N) is 1. The van der Waals surface area contributed by atoms with Crippen LogP contribution in [0.3, 0.4) is 0 Å². The van der Waals surface area contributed by atoms with Crippen LogP contribution in [0.5, 0.6) is 0 Å². The minimum atomic E-state index is -0.461. The molecule has 1 aliphatic carbocycles. The highest BCUT2D eigenvalue weighted by Gasteiger charge is 2.30. The maximum atomic E-state index is 12.3. The summed E-state index contributed by atoms with van der Waals surface area (Å²) >= 11 is 0. The second-order valence-electron chi connectivity index (χ2n) is 11.5. The van der Waals surface area contributed by atoms with Crippen molar-refractivity contribution in [3.8, 4) is 0 Å². The summed E-state index contributed by atoms with van der Waals surface area (Å²) in [5.41, 5.74) is 9.04. The highest BCUT2D eigenvalue weighted by atomic mass is 16.7. The number of anilines is 1. The predicted molar refractivity (Wildman–Crippen MR) is 171 cm³/mol. The van der Waals surface area contributed by atoms with Gasteiger partial charge >= 0.3 is 12.6 Å². The van der Waals surface area contributed by atoms with Gasteiger partial charge in [-0.3, -0.25) is 14.4 Å². The molecule has 1 aromatic carbocycles.